The minimum absolute atomic E-state index is 0. The van der Waals surface area contributed by atoms with Crippen molar-refractivity contribution in [3.63, 3.8) is 0 Å². The van der Waals surface area contributed by atoms with Gasteiger partial charge in [0, 0.05) is 94.3 Å². The van der Waals surface area contributed by atoms with Gasteiger partial charge in [0.2, 0.25) is 0 Å². The number of nitriles is 6. The van der Waals surface area contributed by atoms with Crippen LogP contribution in [0.25, 0.3) is 0 Å². The Labute approximate surface area is 193 Å². The fourth-order valence-corrected chi connectivity index (χ4v) is 0. The third-order valence-electron chi connectivity index (χ3n) is 0. The largest absolute Gasteiger partial charge is 0.481 e. The fourth-order valence-electron chi connectivity index (χ4n) is 0. The molecule has 12 heteroatoms. The molecule has 0 heterocycles. The Morgan fingerprint density at radius 3 is 0.500 bits per heavy atom. The molecule has 0 aromatic heterocycles. The van der Waals surface area contributed by atoms with Crippen molar-refractivity contribution in [2.75, 3.05) is 0 Å². The average molecular weight is 572 g/mol. The van der Waals surface area contributed by atoms with Crippen LogP contribution in [0, 0.1) is 68.0 Å². The maximum atomic E-state index is 9.00. The topological polar surface area (TPSA) is 217 Å². The minimum Gasteiger partial charge on any atom is -0.481 e. The second kappa shape index (κ2) is 155. The van der Waals surface area contributed by atoms with Crippen LogP contribution < -0.4 is 0 Å². The Balaban J connectivity index is -0.0000000164. The van der Waals surface area contributed by atoms with Crippen LogP contribution in [-0.2, 0) is 48.5 Å². The Bertz CT molecular complexity index is 403. The third-order valence-corrected chi connectivity index (χ3v) is 0. The summed E-state index contributed by atoms with van der Waals surface area (Å²) in [5.74, 6) is -1.67. The van der Waals surface area contributed by atoms with E-state index in [0.717, 1.165) is 13.8 Å². The summed E-state index contributed by atoms with van der Waals surface area (Å²) in [5.41, 5.74) is 0. The Hall–Kier alpha value is -2.87. The number of carboxylic acid groups (broad SMARTS) is 2. The number of carboxylic acids is 2. The quantitative estimate of drug-likeness (QED) is 0.403. The van der Waals surface area contributed by atoms with Crippen molar-refractivity contribution in [3.8, 4) is 36.4 Å². The standard InChI is InChI=1S/6C2H3N.2C2H4O2.2Rh/c6*1-2-3;2*1-2(3)4;;/h6*1H3;2*1H3,(H,3,4);;. The maximum absolute atomic E-state index is 9.00. The van der Waals surface area contributed by atoms with E-state index in [2.05, 4.69) is 0 Å². The van der Waals surface area contributed by atoms with Crippen LogP contribution in [0.3, 0.4) is 0 Å². The van der Waals surface area contributed by atoms with Crippen molar-refractivity contribution in [3.05, 3.63) is 0 Å². The van der Waals surface area contributed by atoms with Gasteiger partial charge in [0.1, 0.15) is 0 Å². The molecule has 0 rings (SSSR count). The zero-order valence-corrected chi connectivity index (χ0v) is 20.3. The van der Waals surface area contributed by atoms with Crippen LogP contribution in [0.2, 0.25) is 0 Å². The van der Waals surface area contributed by atoms with Gasteiger partial charge < -0.3 is 10.2 Å². The third kappa shape index (κ3) is 1370. The first kappa shape index (κ1) is 63.9. The molecular formula is C16H26N6O4Rh2. The van der Waals surface area contributed by atoms with Gasteiger partial charge in [-0.2, -0.15) is 31.6 Å². The van der Waals surface area contributed by atoms with E-state index in [1.54, 1.807) is 36.4 Å². The summed E-state index contributed by atoms with van der Waals surface area (Å²) in [6.45, 7) is 10.8. The van der Waals surface area contributed by atoms with Crippen molar-refractivity contribution in [2.24, 2.45) is 0 Å². The molecule has 10 nitrogen and oxygen atoms in total. The van der Waals surface area contributed by atoms with Gasteiger partial charge in [-0.25, -0.2) is 0 Å². The summed E-state index contributed by atoms with van der Waals surface area (Å²) >= 11 is 0. The van der Waals surface area contributed by atoms with Crippen LogP contribution in [0.4, 0.5) is 0 Å². The molecule has 0 aliphatic heterocycles. The van der Waals surface area contributed by atoms with Gasteiger partial charge in [-0.3, -0.25) is 9.59 Å². The molecule has 0 bridgehead atoms. The summed E-state index contributed by atoms with van der Waals surface area (Å²) in [6, 6.07) is 10.5. The number of nitrogens with zero attached hydrogens (tertiary/aromatic N) is 6. The molecule has 0 saturated heterocycles. The number of hydrogen-bond donors (Lipinski definition) is 2. The van der Waals surface area contributed by atoms with E-state index in [9.17, 15) is 0 Å². The van der Waals surface area contributed by atoms with E-state index >= 15 is 0 Å². The number of carbonyl (C=O) groups is 2. The van der Waals surface area contributed by atoms with E-state index in [1.807, 2.05) is 0 Å². The van der Waals surface area contributed by atoms with Gasteiger partial charge in [0.25, 0.3) is 11.9 Å². The summed E-state index contributed by atoms with van der Waals surface area (Å²) < 4.78 is 0. The van der Waals surface area contributed by atoms with Gasteiger partial charge >= 0.3 is 0 Å². The molecule has 28 heavy (non-hydrogen) atoms. The van der Waals surface area contributed by atoms with Gasteiger partial charge in [0.15, 0.2) is 0 Å². The molecule has 0 aromatic carbocycles. The summed E-state index contributed by atoms with van der Waals surface area (Å²) in [6.07, 6.45) is 0. The zero-order chi connectivity index (χ0) is 23.4. The summed E-state index contributed by atoms with van der Waals surface area (Å²) in [5, 5.41) is 58.7. The molecule has 0 unspecified atom stereocenters. The number of rotatable bonds is 0. The van der Waals surface area contributed by atoms with E-state index < -0.39 is 11.9 Å². The predicted molar refractivity (Wildman–Crippen MR) is 94.3 cm³/mol. The zero-order valence-electron chi connectivity index (χ0n) is 17.1. The number of aliphatic carboxylic acids is 2. The van der Waals surface area contributed by atoms with Crippen molar-refractivity contribution >= 4 is 11.9 Å². The molecule has 0 aliphatic rings. The van der Waals surface area contributed by atoms with Crippen LogP contribution in [0.15, 0.2) is 0 Å². The smallest absolute Gasteiger partial charge is 0.300 e. The van der Waals surface area contributed by atoms with Crippen LogP contribution in [0.1, 0.15) is 55.4 Å². The minimum atomic E-state index is -0.833. The van der Waals surface area contributed by atoms with E-state index in [1.165, 1.54) is 41.5 Å². The predicted octanol–water partition coefficient (Wildman–Crippen LogP) is 3.36. The van der Waals surface area contributed by atoms with Gasteiger partial charge in [0.05, 0.1) is 36.4 Å². The second-order valence-electron chi connectivity index (χ2n) is 2.38. The summed E-state index contributed by atoms with van der Waals surface area (Å²) in [4.78, 5) is 18.0. The van der Waals surface area contributed by atoms with E-state index in [4.69, 9.17) is 51.4 Å². The molecule has 0 fully saturated rings. The molecule has 0 aliphatic carbocycles. The van der Waals surface area contributed by atoms with Gasteiger partial charge in [-0.15, -0.1) is 0 Å². The molecule has 0 atom stereocenters. The van der Waals surface area contributed by atoms with E-state index in [-0.39, 0.29) is 39.0 Å². The Morgan fingerprint density at radius 1 is 0.500 bits per heavy atom. The van der Waals surface area contributed by atoms with Crippen molar-refractivity contribution in [1.82, 2.24) is 0 Å². The molecule has 0 amide bonds. The first-order valence-electron chi connectivity index (χ1n) is 6.20. The first-order chi connectivity index (χ1) is 11.9. The van der Waals surface area contributed by atoms with Crippen molar-refractivity contribution in [1.29, 1.82) is 31.6 Å². The Kier molecular flexibility index (Phi) is 354. The Morgan fingerprint density at radius 2 is 0.500 bits per heavy atom. The van der Waals surface area contributed by atoms with Crippen molar-refractivity contribution < 1.29 is 58.8 Å². The first-order valence-corrected chi connectivity index (χ1v) is 6.20. The van der Waals surface area contributed by atoms with Crippen LogP contribution in [0.5, 0.6) is 0 Å². The summed E-state index contributed by atoms with van der Waals surface area (Å²) in [7, 11) is 0. The van der Waals surface area contributed by atoms with Crippen LogP contribution >= 0.6 is 0 Å². The van der Waals surface area contributed by atoms with E-state index in [0.29, 0.717) is 0 Å². The molecule has 2 N–H and O–H groups in total. The van der Waals surface area contributed by atoms with Gasteiger partial charge in [-0.1, -0.05) is 0 Å². The van der Waals surface area contributed by atoms with Crippen LogP contribution in [-0.4, -0.2) is 22.2 Å². The van der Waals surface area contributed by atoms with Crippen molar-refractivity contribution in [2.45, 2.75) is 55.4 Å². The molecule has 0 aromatic rings. The van der Waals surface area contributed by atoms with Gasteiger partial charge in [-0.05, 0) is 0 Å². The molecule has 162 valence electrons. The SMILES string of the molecule is CC#N.CC#N.CC#N.CC#N.CC#N.CC#N.CC(=O)O.CC(=O)O.[Rh].[Rh]. The molecule has 0 spiro atoms. The molecule has 0 saturated carbocycles. The average Bonchev–Trinajstić information content (AvgIpc) is 2.41. The number of hydrogen-bond acceptors (Lipinski definition) is 8. The maximum Gasteiger partial charge on any atom is 0.300 e. The molecular weight excluding hydrogens is 546 g/mol. The second-order valence-corrected chi connectivity index (χ2v) is 2.38. The normalized spacial score (nSPS) is 3.50. The monoisotopic (exact) mass is 572 g/mol. The molecule has 2 radical (unpaired) electrons. The fraction of sp³-hybridized carbons (Fsp3) is 0.500.